The lowest BCUT2D eigenvalue weighted by molar-refractivity contribution is -0.383. The Kier molecular flexibility index (Phi) is 3.32. The number of rotatable bonds is 2. The van der Waals surface area contributed by atoms with Crippen molar-refractivity contribution in [2.45, 2.75) is 26.4 Å². The molecule has 118 valence electrons. The van der Waals surface area contributed by atoms with E-state index in [1.807, 2.05) is 0 Å². The molecule has 23 heavy (non-hydrogen) atoms. The molecule has 0 aliphatic carbocycles. The molecule has 2 aromatic carbocycles. The Hall–Kier alpha value is -2.89. The molecule has 0 spiro atoms. The molecule has 0 aliphatic heterocycles. The molecular formula is C17H16N2O4. The summed E-state index contributed by atoms with van der Waals surface area (Å²) in [6.07, 6.45) is 1.68. The zero-order valence-electron chi connectivity index (χ0n) is 13.0. The third-order valence-corrected chi connectivity index (χ3v) is 3.51. The number of carbonyl (C=O) groups is 1. The molecule has 0 unspecified atom stereocenters. The maximum absolute atomic E-state index is 12.3. The zero-order valence-corrected chi connectivity index (χ0v) is 13.0. The maximum Gasteiger partial charge on any atom is 0.355 e. The lowest BCUT2D eigenvalue weighted by Gasteiger charge is -2.19. The van der Waals surface area contributed by atoms with E-state index in [-0.39, 0.29) is 5.69 Å². The van der Waals surface area contributed by atoms with Gasteiger partial charge in [-0.05, 0) is 32.2 Å². The summed E-state index contributed by atoms with van der Waals surface area (Å²) in [6, 6.07) is 8.28. The summed E-state index contributed by atoms with van der Waals surface area (Å²) in [4.78, 5) is 26.0. The molecule has 3 aromatic rings. The summed E-state index contributed by atoms with van der Waals surface area (Å²) < 4.78 is 5.39. The van der Waals surface area contributed by atoms with Crippen LogP contribution in [0.2, 0.25) is 0 Å². The molecule has 0 atom stereocenters. The van der Waals surface area contributed by atoms with Crippen molar-refractivity contribution in [3.63, 3.8) is 0 Å². The molecule has 1 N–H and O–H groups in total. The van der Waals surface area contributed by atoms with Gasteiger partial charge in [-0.15, -0.1) is 0 Å². The molecule has 6 heteroatoms. The van der Waals surface area contributed by atoms with Crippen molar-refractivity contribution in [1.82, 2.24) is 4.98 Å². The number of fused-ring (bicyclic) bond motifs is 3. The number of nitrogens with zero attached hydrogens (tertiary/aromatic N) is 1. The van der Waals surface area contributed by atoms with Gasteiger partial charge in [0.1, 0.15) is 11.3 Å². The molecule has 6 nitrogen and oxygen atoms in total. The second-order valence-electron chi connectivity index (χ2n) is 6.32. The van der Waals surface area contributed by atoms with E-state index in [0.29, 0.717) is 16.5 Å². The smallest absolute Gasteiger partial charge is 0.355 e. The van der Waals surface area contributed by atoms with Crippen LogP contribution < -0.4 is 0 Å². The first-order chi connectivity index (χ1) is 10.8. The minimum atomic E-state index is -0.593. The predicted molar refractivity (Wildman–Crippen MR) is 87.6 cm³/mol. The Bertz CT molecular complexity index is 935. The largest absolute Gasteiger partial charge is 0.455 e. The summed E-state index contributed by atoms with van der Waals surface area (Å²) in [6.45, 7) is 5.40. The molecule has 0 fully saturated rings. The fourth-order valence-corrected chi connectivity index (χ4v) is 2.62. The number of aromatic nitrogens is 1. The highest BCUT2D eigenvalue weighted by molar-refractivity contribution is 6.15. The fraction of sp³-hybridized carbons (Fsp3) is 0.235. The van der Waals surface area contributed by atoms with Gasteiger partial charge in [0, 0.05) is 23.0 Å². The topological polar surface area (TPSA) is 85.2 Å². The molecule has 0 bridgehead atoms. The van der Waals surface area contributed by atoms with E-state index in [2.05, 4.69) is 4.98 Å². The lowest BCUT2D eigenvalue weighted by atomic mass is 10.0. The summed E-state index contributed by atoms with van der Waals surface area (Å²) in [5.74, 6) is -0.447. The van der Waals surface area contributed by atoms with Crippen LogP contribution >= 0.6 is 0 Å². The third kappa shape index (κ3) is 2.63. The van der Waals surface area contributed by atoms with Crippen molar-refractivity contribution < 1.29 is 14.5 Å². The molecule has 0 saturated heterocycles. The molecule has 0 saturated carbocycles. The van der Waals surface area contributed by atoms with Gasteiger partial charge in [0.05, 0.1) is 10.3 Å². The molecule has 0 aliphatic rings. The van der Waals surface area contributed by atoms with Crippen molar-refractivity contribution in [3.05, 3.63) is 52.3 Å². The van der Waals surface area contributed by atoms with Gasteiger partial charge in [0.25, 0.3) is 5.69 Å². The predicted octanol–water partition coefficient (Wildman–Crippen LogP) is 4.18. The number of benzene rings is 2. The van der Waals surface area contributed by atoms with E-state index in [4.69, 9.17) is 4.74 Å². The number of hydrogen-bond acceptors (Lipinski definition) is 4. The van der Waals surface area contributed by atoms with Crippen LogP contribution in [-0.2, 0) is 4.74 Å². The minimum absolute atomic E-state index is 0.0458. The second-order valence-corrected chi connectivity index (χ2v) is 6.32. The highest BCUT2D eigenvalue weighted by atomic mass is 16.6. The Morgan fingerprint density at radius 3 is 2.43 bits per heavy atom. The summed E-state index contributed by atoms with van der Waals surface area (Å²) in [7, 11) is 0. The van der Waals surface area contributed by atoms with Crippen LogP contribution in [-0.4, -0.2) is 21.5 Å². The van der Waals surface area contributed by atoms with Crippen LogP contribution in [0.1, 0.15) is 31.3 Å². The van der Waals surface area contributed by atoms with Crippen molar-refractivity contribution in [2.75, 3.05) is 0 Å². The molecule has 1 aromatic heterocycles. The summed E-state index contributed by atoms with van der Waals surface area (Å²) >= 11 is 0. The van der Waals surface area contributed by atoms with E-state index in [1.165, 1.54) is 6.07 Å². The highest BCUT2D eigenvalue weighted by Gasteiger charge is 2.22. The van der Waals surface area contributed by atoms with Crippen molar-refractivity contribution in [3.8, 4) is 0 Å². The van der Waals surface area contributed by atoms with Gasteiger partial charge in [0.2, 0.25) is 0 Å². The maximum atomic E-state index is 12.3. The molecule has 1 heterocycles. The molecular weight excluding hydrogens is 296 g/mol. The first kappa shape index (κ1) is 15.0. The molecule has 0 radical (unpaired) electrons. The summed E-state index contributed by atoms with van der Waals surface area (Å²) in [5.41, 5.74) is -0.197. The standard InChI is InChI=1S/C17H16N2O4/c1-17(2,3)23-16(20)15-12-8-7-11-10(13(12)9-18-15)5-4-6-14(11)19(21)22/h4-9,18H,1-3H3. The van der Waals surface area contributed by atoms with Gasteiger partial charge in [0.15, 0.2) is 0 Å². The van der Waals surface area contributed by atoms with Crippen LogP contribution in [0.3, 0.4) is 0 Å². The number of esters is 1. The Morgan fingerprint density at radius 2 is 1.78 bits per heavy atom. The number of nitro groups is 1. The average Bonchev–Trinajstić information content (AvgIpc) is 2.88. The quantitative estimate of drug-likeness (QED) is 0.437. The van der Waals surface area contributed by atoms with Gasteiger partial charge >= 0.3 is 5.97 Å². The van der Waals surface area contributed by atoms with Crippen LogP contribution in [0.5, 0.6) is 0 Å². The molecule has 3 rings (SSSR count). The lowest BCUT2D eigenvalue weighted by Crippen LogP contribution is -2.24. The number of H-pyrrole nitrogens is 1. The van der Waals surface area contributed by atoms with Crippen LogP contribution in [0.25, 0.3) is 21.5 Å². The van der Waals surface area contributed by atoms with Crippen LogP contribution in [0.15, 0.2) is 36.5 Å². The Labute approximate surface area is 132 Å². The number of carbonyl (C=O) groups excluding carboxylic acids is 1. The normalized spacial score (nSPS) is 11.8. The number of non-ortho nitro benzene ring substituents is 1. The number of aromatic amines is 1. The van der Waals surface area contributed by atoms with Gasteiger partial charge in [-0.2, -0.15) is 0 Å². The fourth-order valence-electron chi connectivity index (χ4n) is 2.62. The van der Waals surface area contributed by atoms with Crippen LogP contribution in [0.4, 0.5) is 5.69 Å². The van der Waals surface area contributed by atoms with E-state index in [0.717, 1.165) is 10.8 Å². The monoisotopic (exact) mass is 312 g/mol. The number of nitrogens with one attached hydrogen (secondary N) is 1. The van der Waals surface area contributed by atoms with Crippen molar-refractivity contribution in [1.29, 1.82) is 0 Å². The first-order valence-corrected chi connectivity index (χ1v) is 7.18. The number of nitro benzene ring substituents is 1. The van der Waals surface area contributed by atoms with Gasteiger partial charge in [-0.3, -0.25) is 10.1 Å². The highest BCUT2D eigenvalue weighted by Crippen LogP contribution is 2.33. The van der Waals surface area contributed by atoms with Crippen LogP contribution in [0, 0.1) is 10.1 Å². The molecule has 0 amide bonds. The van der Waals surface area contributed by atoms with E-state index in [9.17, 15) is 14.9 Å². The number of ether oxygens (including phenoxy) is 1. The number of hydrogen-bond donors (Lipinski definition) is 1. The summed E-state index contributed by atoms with van der Waals surface area (Å²) in [5, 5.41) is 13.9. The van der Waals surface area contributed by atoms with Gasteiger partial charge in [-0.1, -0.05) is 18.2 Å². The van der Waals surface area contributed by atoms with E-state index >= 15 is 0 Å². The van der Waals surface area contributed by atoms with Gasteiger partial charge < -0.3 is 9.72 Å². The SMILES string of the molecule is CC(C)(C)OC(=O)c1[nH]cc2c1ccc1c([N+](=O)[O-])cccc12. The second kappa shape index (κ2) is 5.08. The Morgan fingerprint density at radius 1 is 1.09 bits per heavy atom. The van der Waals surface area contributed by atoms with Crippen molar-refractivity contribution in [2.24, 2.45) is 0 Å². The van der Waals surface area contributed by atoms with E-state index < -0.39 is 16.5 Å². The minimum Gasteiger partial charge on any atom is -0.455 e. The van der Waals surface area contributed by atoms with Gasteiger partial charge in [-0.25, -0.2) is 4.79 Å². The van der Waals surface area contributed by atoms with E-state index in [1.54, 1.807) is 51.2 Å². The first-order valence-electron chi connectivity index (χ1n) is 7.18. The Balaban J connectivity index is 2.20. The van der Waals surface area contributed by atoms with Crippen molar-refractivity contribution >= 4 is 33.2 Å². The average molecular weight is 312 g/mol. The zero-order chi connectivity index (χ0) is 16.8. The third-order valence-electron chi connectivity index (χ3n) is 3.51.